The van der Waals surface area contributed by atoms with Crippen molar-refractivity contribution in [3.05, 3.63) is 53.1 Å². The smallest absolute Gasteiger partial charge is 0.305 e. The van der Waals surface area contributed by atoms with Gasteiger partial charge in [-0.25, -0.2) is 0 Å². The molecular formula is C28H30N4O10. The zero-order chi connectivity index (χ0) is 31.1. The molecule has 0 bridgehead atoms. The number of aromatic hydroxyl groups is 1. The van der Waals surface area contributed by atoms with Crippen molar-refractivity contribution in [3.8, 4) is 5.75 Å². The van der Waals surface area contributed by atoms with Gasteiger partial charge in [-0.3, -0.25) is 33.7 Å². The third-order valence-electron chi connectivity index (χ3n) is 6.36. The van der Waals surface area contributed by atoms with E-state index in [-0.39, 0.29) is 29.0 Å². The van der Waals surface area contributed by atoms with Gasteiger partial charge >= 0.3 is 11.9 Å². The highest BCUT2D eigenvalue weighted by atomic mass is 16.5. The molecule has 0 saturated carbocycles. The Hall–Kier alpha value is -5.27. The Morgan fingerprint density at radius 3 is 2.29 bits per heavy atom. The molecule has 0 fully saturated rings. The van der Waals surface area contributed by atoms with Crippen LogP contribution in [0.15, 0.2) is 36.4 Å². The number of phenolic OH excluding ortho intramolecular Hbond substituents is 1. The van der Waals surface area contributed by atoms with Crippen LogP contribution in [0.3, 0.4) is 0 Å². The fourth-order valence-electron chi connectivity index (χ4n) is 4.38. The highest BCUT2D eigenvalue weighted by molar-refractivity contribution is 6.11. The average Bonchev–Trinajstić information content (AvgIpc) is 3.04. The number of amides is 4. The number of carbonyl (C=O) groups is 7. The number of benzene rings is 2. The standard InChI is InChI=1S/C28H30N4O10/c1-15-8-18(9-16(2)26(15)39)27(40)30-20-11-31(24(36)14-42-17(3)34)21-6-4-5-7-22(21)32(28(20)41)12-23(35)29-19(13-33)10-25(37)38/h4-9,13,19-20,39H,10-12,14H2,1-3H3,(H,29,35)(H,30,40)(H,37,38)/t19-,20-/m0/s1. The van der Waals surface area contributed by atoms with Crippen LogP contribution in [0.25, 0.3) is 0 Å². The number of ether oxygens (including phenoxy) is 1. The molecule has 0 radical (unpaired) electrons. The number of hydrogen-bond acceptors (Lipinski definition) is 9. The fraction of sp³-hybridized carbons (Fsp3) is 0.321. The van der Waals surface area contributed by atoms with Crippen LogP contribution in [0.2, 0.25) is 0 Å². The molecule has 0 spiro atoms. The number of carboxylic acids is 1. The Morgan fingerprint density at radius 2 is 1.71 bits per heavy atom. The fourth-order valence-corrected chi connectivity index (χ4v) is 4.38. The third kappa shape index (κ3) is 7.47. The quantitative estimate of drug-likeness (QED) is 0.222. The first kappa shape index (κ1) is 31.3. The number of anilines is 2. The number of aliphatic carboxylic acids is 1. The number of nitrogens with one attached hydrogen (secondary N) is 2. The molecule has 0 aromatic heterocycles. The molecule has 1 heterocycles. The summed E-state index contributed by atoms with van der Waals surface area (Å²) >= 11 is 0. The molecule has 0 aliphatic carbocycles. The lowest BCUT2D eigenvalue weighted by molar-refractivity contribution is -0.145. The summed E-state index contributed by atoms with van der Waals surface area (Å²) in [6.07, 6.45) is -0.424. The number of phenols is 1. The van der Waals surface area contributed by atoms with E-state index in [9.17, 15) is 38.7 Å². The molecule has 222 valence electrons. The van der Waals surface area contributed by atoms with Crippen LogP contribution in [-0.2, 0) is 33.5 Å². The van der Waals surface area contributed by atoms with Crippen LogP contribution in [0.1, 0.15) is 34.8 Å². The van der Waals surface area contributed by atoms with Crippen molar-refractivity contribution in [2.75, 3.05) is 29.5 Å². The van der Waals surface area contributed by atoms with Gasteiger partial charge in [0.15, 0.2) is 6.61 Å². The summed E-state index contributed by atoms with van der Waals surface area (Å²) in [4.78, 5) is 89.0. The molecule has 0 unspecified atom stereocenters. The maximum Gasteiger partial charge on any atom is 0.305 e. The normalized spacial score (nSPS) is 15.1. The number of aryl methyl sites for hydroxylation is 2. The van der Waals surface area contributed by atoms with Crippen LogP contribution >= 0.6 is 0 Å². The van der Waals surface area contributed by atoms with Gasteiger partial charge in [0.25, 0.3) is 17.7 Å². The van der Waals surface area contributed by atoms with Crippen LogP contribution in [0.5, 0.6) is 5.75 Å². The summed E-state index contributed by atoms with van der Waals surface area (Å²) in [5, 5.41) is 23.9. The molecule has 42 heavy (non-hydrogen) atoms. The maximum absolute atomic E-state index is 13.9. The Labute approximate surface area is 240 Å². The summed E-state index contributed by atoms with van der Waals surface area (Å²) in [7, 11) is 0. The first-order valence-corrected chi connectivity index (χ1v) is 12.7. The van der Waals surface area contributed by atoms with Crippen molar-refractivity contribution in [1.82, 2.24) is 10.6 Å². The first-order chi connectivity index (χ1) is 19.8. The predicted octanol–water partition coefficient (Wildman–Crippen LogP) is 0.209. The molecule has 4 amide bonds. The van der Waals surface area contributed by atoms with Crippen LogP contribution in [-0.4, -0.2) is 83.8 Å². The van der Waals surface area contributed by atoms with Gasteiger partial charge in [0.1, 0.15) is 24.6 Å². The third-order valence-corrected chi connectivity index (χ3v) is 6.36. The van der Waals surface area contributed by atoms with Crippen LogP contribution in [0, 0.1) is 13.8 Å². The second kappa shape index (κ2) is 13.4. The van der Waals surface area contributed by atoms with E-state index in [4.69, 9.17) is 9.84 Å². The summed E-state index contributed by atoms with van der Waals surface area (Å²) in [5.41, 5.74) is 1.23. The minimum atomic E-state index is -1.41. The number of aldehydes is 1. The summed E-state index contributed by atoms with van der Waals surface area (Å²) in [5.74, 6) is -5.11. The van der Waals surface area contributed by atoms with Gasteiger partial charge in [-0.1, -0.05) is 12.1 Å². The lowest BCUT2D eigenvalue weighted by Gasteiger charge is -2.25. The zero-order valence-electron chi connectivity index (χ0n) is 23.1. The molecular weight excluding hydrogens is 552 g/mol. The SMILES string of the molecule is CC(=O)OCC(=O)N1C[C@H](NC(=O)c2cc(C)c(O)c(C)c2)C(=O)N(CC(=O)N[C@H](C=O)CC(=O)O)c2ccccc21. The minimum Gasteiger partial charge on any atom is -0.507 e. The van der Waals surface area contributed by atoms with Crippen molar-refractivity contribution >= 4 is 53.2 Å². The van der Waals surface area contributed by atoms with Crippen molar-refractivity contribution in [2.45, 2.75) is 39.3 Å². The topological polar surface area (TPSA) is 200 Å². The summed E-state index contributed by atoms with van der Waals surface area (Å²) in [6, 6.07) is 6.15. The molecule has 14 nitrogen and oxygen atoms in total. The van der Waals surface area contributed by atoms with Gasteiger partial charge < -0.3 is 35.3 Å². The molecule has 2 aromatic carbocycles. The number of hydrogen-bond donors (Lipinski definition) is 4. The van der Waals surface area contributed by atoms with Crippen LogP contribution in [0.4, 0.5) is 11.4 Å². The van der Waals surface area contributed by atoms with E-state index in [0.717, 1.165) is 16.7 Å². The maximum atomic E-state index is 13.9. The molecule has 3 rings (SSSR count). The van der Waals surface area contributed by atoms with Gasteiger partial charge in [-0.05, 0) is 49.2 Å². The molecule has 4 N–H and O–H groups in total. The predicted molar refractivity (Wildman–Crippen MR) is 147 cm³/mol. The van der Waals surface area contributed by atoms with E-state index in [2.05, 4.69) is 10.6 Å². The Balaban J connectivity index is 2.01. The number of carbonyl (C=O) groups excluding carboxylic acids is 6. The number of esters is 1. The van der Waals surface area contributed by atoms with Crippen LogP contribution < -0.4 is 20.4 Å². The van der Waals surface area contributed by atoms with E-state index < -0.39 is 73.8 Å². The number of para-hydroxylation sites is 2. The summed E-state index contributed by atoms with van der Waals surface area (Å²) < 4.78 is 4.86. The number of carboxylic acid groups (broad SMARTS) is 1. The van der Waals surface area contributed by atoms with E-state index in [0.29, 0.717) is 11.1 Å². The Kier molecular flexibility index (Phi) is 9.97. The zero-order valence-corrected chi connectivity index (χ0v) is 23.1. The van der Waals surface area contributed by atoms with E-state index in [1.165, 1.54) is 24.3 Å². The number of nitrogens with zero attached hydrogens (tertiary/aromatic N) is 2. The highest BCUT2D eigenvalue weighted by Crippen LogP contribution is 2.33. The minimum absolute atomic E-state index is 0.00324. The number of rotatable bonds is 10. The van der Waals surface area contributed by atoms with Gasteiger partial charge in [0, 0.05) is 12.5 Å². The largest absolute Gasteiger partial charge is 0.507 e. The lowest BCUT2D eigenvalue weighted by atomic mass is 10.0. The van der Waals surface area contributed by atoms with Crippen molar-refractivity contribution < 1.29 is 48.5 Å². The molecule has 1 aliphatic rings. The Bertz CT molecular complexity index is 1420. The van der Waals surface area contributed by atoms with Gasteiger partial charge in [-0.2, -0.15) is 0 Å². The molecule has 0 saturated heterocycles. The van der Waals surface area contributed by atoms with Gasteiger partial charge in [0.05, 0.1) is 30.4 Å². The van der Waals surface area contributed by atoms with Crippen molar-refractivity contribution in [2.24, 2.45) is 0 Å². The average molecular weight is 583 g/mol. The van der Waals surface area contributed by atoms with Crippen molar-refractivity contribution in [1.29, 1.82) is 0 Å². The first-order valence-electron chi connectivity index (χ1n) is 12.7. The van der Waals surface area contributed by atoms with Crippen molar-refractivity contribution in [3.63, 3.8) is 0 Å². The summed E-state index contributed by atoms with van der Waals surface area (Å²) in [6.45, 7) is 2.57. The molecule has 2 aromatic rings. The Morgan fingerprint density at radius 1 is 1.10 bits per heavy atom. The second-order valence-electron chi connectivity index (χ2n) is 9.59. The van der Waals surface area contributed by atoms with E-state index in [1.807, 2.05) is 0 Å². The van der Waals surface area contributed by atoms with Gasteiger partial charge in [-0.15, -0.1) is 0 Å². The van der Waals surface area contributed by atoms with E-state index >= 15 is 0 Å². The lowest BCUT2D eigenvalue weighted by Crippen LogP contribution is -2.55. The molecule has 1 aliphatic heterocycles. The second-order valence-corrected chi connectivity index (χ2v) is 9.59. The highest BCUT2D eigenvalue weighted by Gasteiger charge is 2.38. The molecule has 14 heteroatoms. The van der Waals surface area contributed by atoms with E-state index in [1.54, 1.807) is 26.0 Å². The monoisotopic (exact) mass is 582 g/mol. The van der Waals surface area contributed by atoms with Gasteiger partial charge in [0.2, 0.25) is 5.91 Å². The molecule has 2 atom stereocenters. The number of fused-ring (bicyclic) bond motifs is 1.